The average molecular weight is 295 g/mol. The van der Waals surface area contributed by atoms with E-state index in [9.17, 15) is 15.2 Å². The minimum Gasteiger partial charge on any atom is -0.388 e. The van der Waals surface area contributed by atoms with Gasteiger partial charge in [-0.1, -0.05) is 20.3 Å². The first-order valence-electron chi connectivity index (χ1n) is 7.37. The first-order valence-corrected chi connectivity index (χ1v) is 7.37. The predicted molar refractivity (Wildman–Crippen MR) is 85.9 cm³/mol. The van der Waals surface area contributed by atoms with Crippen molar-refractivity contribution >= 4 is 17.1 Å². The van der Waals surface area contributed by atoms with Gasteiger partial charge in [0.2, 0.25) is 0 Å². The maximum absolute atomic E-state index is 11.0. The van der Waals surface area contributed by atoms with E-state index in [1.165, 1.54) is 12.1 Å². The minimum absolute atomic E-state index is 0.0359. The number of nitrogens with one attached hydrogen (secondary N) is 2. The number of rotatable bonds is 9. The van der Waals surface area contributed by atoms with Crippen molar-refractivity contribution in [3.63, 3.8) is 0 Å². The standard InChI is InChI=1S/C15H25N3O3/c1-4-6-15(3,19)11-17-13-8-12(16-7-5-2)9-14(10-13)18(20)21/h8-10,16-17,19H,4-7,11H2,1-3H3. The van der Waals surface area contributed by atoms with Crippen molar-refractivity contribution in [3.05, 3.63) is 28.3 Å². The van der Waals surface area contributed by atoms with E-state index in [4.69, 9.17) is 0 Å². The zero-order valence-corrected chi connectivity index (χ0v) is 13.0. The molecule has 1 aromatic rings. The van der Waals surface area contributed by atoms with Gasteiger partial charge in [-0.3, -0.25) is 10.1 Å². The molecule has 0 saturated heterocycles. The van der Waals surface area contributed by atoms with Crippen LogP contribution in [0.25, 0.3) is 0 Å². The molecule has 0 bridgehead atoms. The molecule has 0 saturated carbocycles. The Morgan fingerprint density at radius 1 is 1.19 bits per heavy atom. The molecule has 21 heavy (non-hydrogen) atoms. The highest BCUT2D eigenvalue weighted by atomic mass is 16.6. The van der Waals surface area contributed by atoms with Crippen molar-refractivity contribution in [1.82, 2.24) is 0 Å². The molecule has 0 aliphatic heterocycles. The maximum Gasteiger partial charge on any atom is 0.273 e. The molecule has 0 heterocycles. The maximum atomic E-state index is 11.0. The van der Waals surface area contributed by atoms with Gasteiger partial charge in [0.05, 0.1) is 10.5 Å². The van der Waals surface area contributed by atoms with Crippen molar-refractivity contribution in [2.24, 2.45) is 0 Å². The van der Waals surface area contributed by atoms with Gasteiger partial charge in [-0.05, 0) is 25.8 Å². The second-order valence-electron chi connectivity index (χ2n) is 5.55. The normalized spacial score (nSPS) is 13.5. The fraction of sp³-hybridized carbons (Fsp3) is 0.600. The molecule has 3 N–H and O–H groups in total. The monoisotopic (exact) mass is 295 g/mol. The highest BCUT2D eigenvalue weighted by Gasteiger charge is 2.19. The molecule has 1 atom stereocenters. The number of benzene rings is 1. The molecule has 0 aromatic heterocycles. The number of hydrogen-bond acceptors (Lipinski definition) is 5. The van der Waals surface area contributed by atoms with E-state index in [0.29, 0.717) is 24.3 Å². The van der Waals surface area contributed by atoms with Crippen LogP contribution in [0.1, 0.15) is 40.0 Å². The Balaban J connectivity index is 2.84. The number of aliphatic hydroxyl groups is 1. The molecule has 0 aliphatic rings. The molecule has 118 valence electrons. The van der Waals surface area contributed by atoms with Crippen LogP contribution in [-0.2, 0) is 0 Å². The second kappa shape index (κ2) is 7.83. The lowest BCUT2D eigenvalue weighted by Crippen LogP contribution is -2.33. The molecular formula is C15H25N3O3. The average Bonchev–Trinajstić information content (AvgIpc) is 2.43. The Hall–Kier alpha value is -1.82. The zero-order valence-electron chi connectivity index (χ0n) is 13.0. The number of anilines is 2. The van der Waals surface area contributed by atoms with Crippen LogP contribution in [-0.4, -0.2) is 28.7 Å². The molecule has 0 spiro atoms. The third-order valence-electron chi connectivity index (χ3n) is 3.17. The number of non-ortho nitro benzene ring substituents is 1. The molecule has 0 fully saturated rings. The van der Waals surface area contributed by atoms with Gasteiger partial charge < -0.3 is 15.7 Å². The number of nitro groups is 1. The van der Waals surface area contributed by atoms with Crippen LogP contribution in [0.15, 0.2) is 18.2 Å². The van der Waals surface area contributed by atoms with E-state index >= 15 is 0 Å². The van der Waals surface area contributed by atoms with Gasteiger partial charge in [0.15, 0.2) is 0 Å². The molecule has 1 aromatic carbocycles. The first kappa shape index (κ1) is 17.2. The summed E-state index contributed by atoms with van der Waals surface area (Å²) in [5.41, 5.74) is 0.563. The smallest absolute Gasteiger partial charge is 0.273 e. The highest BCUT2D eigenvalue weighted by molar-refractivity contribution is 5.63. The van der Waals surface area contributed by atoms with E-state index < -0.39 is 10.5 Å². The van der Waals surface area contributed by atoms with E-state index in [2.05, 4.69) is 10.6 Å². The predicted octanol–water partition coefficient (Wildman–Crippen LogP) is 3.38. The second-order valence-corrected chi connectivity index (χ2v) is 5.55. The summed E-state index contributed by atoms with van der Waals surface area (Å²) in [4.78, 5) is 10.6. The Bertz CT molecular complexity index is 475. The zero-order chi connectivity index (χ0) is 15.9. The van der Waals surface area contributed by atoms with Gasteiger partial charge in [-0.15, -0.1) is 0 Å². The van der Waals surface area contributed by atoms with Crippen molar-refractivity contribution in [2.45, 2.75) is 45.6 Å². The van der Waals surface area contributed by atoms with Crippen molar-refractivity contribution in [1.29, 1.82) is 0 Å². The molecule has 1 rings (SSSR count). The molecule has 0 radical (unpaired) electrons. The first-order chi connectivity index (χ1) is 9.88. The molecule has 6 heteroatoms. The summed E-state index contributed by atoms with van der Waals surface area (Å²) in [5.74, 6) is 0. The molecule has 0 amide bonds. The highest BCUT2D eigenvalue weighted by Crippen LogP contribution is 2.25. The lowest BCUT2D eigenvalue weighted by molar-refractivity contribution is -0.384. The van der Waals surface area contributed by atoms with Gasteiger partial charge >= 0.3 is 0 Å². The largest absolute Gasteiger partial charge is 0.388 e. The number of hydrogen-bond donors (Lipinski definition) is 3. The molecule has 6 nitrogen and oxygen atoms in total. The minimum atomic E-state index is -0.823. The lowest BCUT2D eigenvalue weighted by Gasteiger charge is -2.23. The fourth-order valence-corrected chi connectivity index (χ4v) is 2.11. The van der Waals surface area contributed by atoms with E-state index in [-0.39, 0.29) is 5.69 Å². The Morgan fingerprint density at radius 2 is 1.81 bits per heavy atom. The topological polar surface area (TPSA) is 87.4 Å². The van der Waals surface area contributed by atoms with Crippen LogP contribution >= 0.6 is 0 Å². The van der Waals surface area contributed by atoms with E-state index in [0.717, 1.165) is 19.4 Å². The van der Waals surface area contributed by atoms with Crippen LogP contribution in [0.3, 0.4) is 0 Å². The van der Waals surface area contributed by atoms with Crippen molar-refractivity contribution < 1.29 is 10.0 Å². The van der Waals surface area contributed by atoms with E-state index in [1.54, 1.807) is 6.92 Å². The van der Waals surface area contributed by atoms with Crippen molar-refractivity contribution in [2.75, 3.05) is 23.7 Å². The third-order valence-corrected chi connectivity index (χ3v) is 3.17. The summed E-state index contributed by atoms with van der Waals surface area (Å²) in [6.07, 6.45) is 2.50. The summed E-state index contributed by atoms with van der Waals surface area (Å²) in [5, 5.41) is 27.4. The summed E-state index contributed by atoms with van der Waals surface area (Å²) < 4.78 is 0. The van der Waals surface area contributed by atoms with Crippen molar-refractivity contribution in [3.8, 4) is 0 Å². The molecule has 0 aliphatic carbocycles. The third kappa shape index (κ3) is 5.99. The molecule has 1 unspecified atom stereocenters. The summed E-state index contributed by atoms with van der Waals surface area (Å²) in [6.45, 7) is 6.92. The SMILES string of the molecule is CCCNc1cc(NCC(C)(O)CCC)cc([N+](=O)[O-])c1. The van der Waals surface area contributed by atoms with Crippen LogP contribution in [0.4, 0.5) is 17.1 Å². The van der Waals surface area contributed by atoms with Crippen LogP contribution in [0.5, 0.6) is 0 Å². The number of nitrogens with zero attached hydrogens (tertiary/aromatic N) is 1. The number of nitro benzene ring substituents is 1. The molecular weight excluding hydrogens is 270 g/mol. The van der Waals surface area contributed by atoms with Gasteiger partial charge in [0, 0.05) is 36.6 Å². The van der Waals surface area contributed by atoms with Crippen LogP contribution < -0.4 is 10.6 Å². The van der Waals surface area contributed by atoms with E-state index in [1.807, 2.05) is 19.9 Å². The Morgan fingerprint density at radius 3 is 2.33 bits per heavy atom. The van der Waals surface area contributed by atoms with Crippen LogP contribution in [0.2, 0.25) is 0 Å². The fourth-order valence-electron chi connectivity index (χ4n) is 2.11. The van der Waals surface area contributed by atoms with Gasteiger partial charge in [-0.25, -0.2) is 0 Å². The Labute approximate surface area is 125 Å². The van der Waals surface area contributed by atoms with Crippen LogP contribution in [0, 0.1) is 10.1 Å². The summed E-state index contributed by atoms with van der Waals surface area (Å²) in [7, 11) is 0. The lowest BCUT2D eigenvalue weighted by atomic mass is 10.0. The Kier molecular flexibility index (Phi) is 6.42. The van der Waals surface area contributed by atoms with Gasteiger partial charge in [-0.2, -0.15) is 0 Å². The summed E-state index contributed by atoms with van der Waals surface area (Å²) in [6, 6.07) is 4.83. The quantitative estimate of drug-likeness (QED) is 0.480. The van der Waals surface area contributed by atoms with Gasteiger partial charge in [0.25, 0.3) is 5.69 Å². The summed E-state index contributed by atoms with van der Waals surface area (Å²) >= 11 is 0. The van der Waals surface area contributed by atoms with Gasteiger partial charge in [0.1, 0.15) is 0 Å².